The van der Waals surface area contributed by atoms with Gasteiger partial charge in [0.05, 0.1) is 5.69 Å². The SMILES string of the molecule is Cc1ccc(-c2nc(CSc3nnc(C(F)(F)F)n3N)cs2)o1. The molecular formula is C12H10F3N5OS2. The van der Waals surface area contributed by atoms with Crippen LogP contribution in [0, 0.1) is 6.92 Å². The molecule has 3 aromatic heterocycles. The summed E-state index contributed by atoms with van der Waals surface area (Å²) < 4.78 is 43.7. The summed E-state index contributed by atoms with van der Waals surface area (Å²) in [4.78, 5) is 4.38. The number of alkyl halides is 3. The van der Waals surface area contributed by atoms with Crippen molar-refractivity contribution in [3.8, 4) is 10.8 Å². The van der Waals surface area contributed by atoms with Crippen molar-refractivity contribution < 1.29 is 17.6 Å². The maximum atomic E-state index is 12.6. The molecule has 23 heavy (non-hydrogen) atoms. The van der Waals surface area contributed by atoms with Gasteiger partial charge in [-0.15, -0.1) is 21.5 Å². The Labute approximate surface area is 136 Å². The molecule has 0 radical (unpaired) electrons. The van der Waals surface area contributed by atoms with E-state index in [9.17, 15) is 13.2 Å². The third kappa shape index (κ3) is 3.34. The van der Waals surface area contributed by atoms with E-state index in [2.05, 4.69) is 15.2 Å². The molecule has 0 aliphatic heterocycles. The van der Waals surface area contributed by atoms with E-state index in [1.54, 1.807) is 0 Å². The lowest BCUT2D eigenvalue weighted by molar-refractivity contribution is -0.146. The molecule has 3 aromatic rings. The molecule has 11 heteroatoms. The van der Waals surface area contributed by atoms with Gasteiger partial charge in [-0.2, -0.15) is 13.2 Å². The number of thioether (sulfide) groups is 1. The minimum Gasteiger partial charge on any atom is -0.459 e. The normalized spacial score (nSPS) is 12.0. The number of nitrogens with zero attached hydrogens (tertiary/aromatic N) is 4. The number of furan rings is 1. The van der Waals surface area contributed by atoms with Crippen molar-refractivity contribution in [3.05, 3.63) is 34.8 Å². The first-order valence-electron chi connectivity index (χ1n) is 6.26. The Balaban J connectivity index is 1.70. The van der Waals surface area contributed by atoms with Crippen LogP contribution in [0.5, 0.6) is 0 Å². The Morgan fingerprint density at radius 2 is 2.13 bits per heavy atom. The quantitative estimate of drug-likeness (QED) is 0.567. The van der Waals surface area contributed by atoms with E-state index in [4.69, 9.17) is 10.3 Å². The van der Waals surface area contributed by atoms with Crippen LogP contribution in [0.1, 0.15) is 17.3 Å². The van der Waals surface area contributed by atoms with E-state index in [-0.39, 0.29) is 5.16 Å². The molecule has 6 nitrogen and oxygen atoms in total. The van der Waals surface area contributed by atoms with Gasteiger partial charge in [0.15, 0.2) is 10.8 Å². The molecule has 0 unspecified atom stereocenters. The molecule has 0 aliphatic rings. The Morgan fingerprint density at radius 3 is 2.74 bits per heavy atom. The van der Waals surface area contributed by atoms with E-state index in [0.29, 0.717) is 26.9 Å². The van der Waals surface area contributed by atoms with Crippen molar-refractivity contribution in [3.63, 3.8) is 0 Å². The molecule has 0 saturated carbocycles. The highest BCUT2D eigenvalue weighted by Crippen LogP contribution is 2.31. The van der Waals surface area contributed by atoms with E-state index >= 15 is 0 Å². The summed E-state index contributed by atoms with van der Waals surface area (Å²) in [6.07, 6.45) is -4.63. The molecule has 2 N–H and O–H groups in total. The van der Waals surface area contributed by atoms with Crippen LogP contribution in [0.3, 0.4) is 0 Å². The summed E-state index contributed by atoms with van der Waals surface area (Å²) in [7, 11) is 0. The molecule has 0 saturated heterocycles. The maximum Gasteiger partial charge on any atom is 0.453 e. The Bertz CT molecular complexity index is 823. The molecule has 0 atom stereocenters. The lowest BCUT2D eigenvalue weighted by Gasteiger charge is -2.05. The summed E-state index contributed by atoms with van der Waals surface area (Å²) in [5.74, 6) is 5.90. The molecule has 0 amide bonds. The number of nitrogen functional groups attached to an aromatic ring is 1. The fourth-order valence-corrected chi connectivity index (χ4v) is 3.38. The molecule has 0 aliphatic carbocycles. The van der Waals surface area contributed by atoms with Crippen LogP contribution < -0.4 is 5.84 Å². The predicted molar refractivity (Wildman–Crippen MR) is 79.3 cm³/mol. The zero-order chi connectivity index (χ0) is 16.6. The maximum absolute atomic E-state index is 12.6. The van der Waals surface area contributed by atoms with E-state index in [0.717, 1.165) is 17.5 Å². The van der Waals surface area contributed by atoms with Crippen LogP contribution in [0.2, 0.25) is 0 Å². The fourth-order valence-electron chi connectivity index (χ4n) is 1.74. The molecule has 3 heterocycles. The van der Waals surface area contributed by atoms with Crippen LogP contribution in [0.15, 0.2) is 27.1 Å². The first-order valence-corrected chi connectivity index (χ1v) is 8.13. The molecule has 0 bridgehead atoms. The van der Waals surface area contributed by atoms with Crippen LogP contribution in [-0.2, 0) is 11.9 Å². The molecule has 0 aromatic carbocycles. The number of hydrogen-bond donors (Lipinski definition) is 1. The molecule has 3 rings (SSSR count). The first kappa shape index (κ1) is 15.9. The van der Waals surface area contributed by atoms with Crippen LogP contribution in [0.4, 0.5) is 13.2 Å². The number of halogens is 3. The Hall–Kier alpha value is -2.01. The number of aryl methyl sites for hydroxylation is 1. The number of thiazole rings is 1. The van der Waals surface area contributed by atoms with Crippen molar-refractivity contribution in [2.75, 3.05) is 5.84 Å². The van der Waals surface area contributed by atoms with Crippen molar-refractivity contribution in [1.29, 1.82) is 0 Å². The third-order valence-electron chi connectivity index (χ3n) is 2.77. The number of hydrogen-bond acceptors (Lipinski definition) is 7. The third-order valence-corrected chi connectivity index (χ3v) is 4.65. The summed E-state index contributed by atoms with van der Waals surface area (Å²) in [5, 5.41) is 9.01. The molecule has 0 spiro atoms. The minimum absolute atomic E-state index is 0.0271. The Kier molecular flexibility index (Phi) is 4.06. The van der Waals surface area contributed by atoms with Crippen LogP contribution >= 0.6 is 23.1 Å². The number of nitrogens with two attached hydrogens (primary N) is 1. The van der Waals surface area contributed by atoms with Gasteiger partial charge in [-0.1, -0.05) is 11.8 Å². The van der Waals surface area contributed by atoms with Crippen LogP contribution in [-0.4, -0.2) is 19.9 Å². The highest BCUT2D eigenvalue weighted by atomic mass is 32.2. The smallest absolute Gasteiger partial charge is 0.453 e. The topological polar surface area (TPSA) is 82.8 Å². The van der Waals surface area contributed by atoms with Gasteiger partial charge in [0.2, 0.25) is 5.16 Å². The van der Waals surface area contributed by atoms with Crippen molar-refractivity contribution >= 4 is 23.1 Å². The van der Waals surface area contributed by atoms with E-state index in [1.807, 2.05) is 24.4 Å². The van der Waals surface area contributed by atoms with E-state index < -0.39 is 12.0 Å². The van der Waals surface area contributed by atoms with Gasteiger partial charge in [-0.25, -0.2) is 9.66 Å². The van der Waals surface area contributed by atoms with Gasteiger partial charge in [0.25, 0.3) is 5.82 Å². The second kappa shape index (κ2) is 5.89. The van der Waals surface area contributed by atoms with Gasteiger partial charge >= 0.3 is 6.18 Å². The van der Waals surface area contributed by atoms with Gasteiger partial charge in [0.1, 0.15) is 5.76 Å². The summed E-state index contributed by atoms with van der Waals surface area (Å²) in [6.45, 7) is 1.83. The highest BCUT2D eigenvalue weighted by molar-refractivity contribution is 7.98. The minimum atomic E-state index is -4.63. The second-order valence-electron chi connectivity index (χ2n) is 4.52. The Morgan fingerprint density at radius 1 is 1.35 bits per heavy atom. The summed E-state index contributed by atoms with van der Waals surface area (Å²) >= 11 is 2.42. The lowest BCUT2D eigenvalue weighted by atomic mass is 10.4. The average molecular weight is 361 g/mol. The van der Waals surface area contributed by atoms with Crippen molar-refractivity contribution in [2.24, 2.45) is 0 Å². The zero-order valence-corrected chi connectivity index (χ0v) is 13.3. The van der Waals surface area contributed by atoms with Gasteiger partial charge in [-0.3, -0.25) is 0 Å². The highest BCUT2D eigenvalue weighted by Gasteiger charge is 2.38. The molecule has 122 valence electrons. The van der Waals surface area contributed by atoms with Crippen molar-refractivity contribution in [2.45, 2.75) is 24.0 Å². The largest absolute Gasteiger partial charge is 0.459 e. The monoisotopic (exact) mass is 361 g/mol. The van der Waals surface area contributed by atoms with Gasteiger partial charge in [0, 0.05) is 11.1 Å². The standard InChI is InChI=1S/C12H10F3N5OS2/c1-6-2-3-8(21-6)9-17-7(4-22-9)5-23-11-19-18-10(20(11)16)12(13,14)15/h2-4H,5,16H2,1H3. The average Bonchev–Trinajstić information content (AvgIpc) is 3.15. The van der Waals surface area contributed by atoms with Gasteiger partial charge in [-0.05, 0) is 19.1 Å². The first-order chi connectivity index (χ1) is 10.8. The van der Waals surface area contributed by atoms with Gasteiger partial charge < -0.3 is 10.3 Å². The second-order valence-corrected chi connectivity index (χ2v) is 6.32. The lowest BCUT2D eigenvalue weighted by Crippen LogP contribution is -2.21. The zero-order valence-electron chi connectivity index (χ0n) is 11.7. The van der Waals surface area contributed by atoms with Crippen LogP contribution in [0.25, 0.3) is 10.8 Å². The van der Waals surface area contributed by atoms with Crippen molar-refractivity contribution in [1.82, 2.24) is 19.9 Å². The predicted octanol–water partition coefficient (Wildman–Crippen LogP) is 3.33. The summed E-state index contributed by atoms with van der Waals surface area (Å²) in [6, 6.07) is 3.65. The molecular weight excluding hydrogens is 351 g/mol. The fraction of sp³-hybridized carbons (Fsp3) is 0.250. The van der Waals surface area contributed by atoms with E-state index in [1.165, 1.54) is 11.3 Å². The number of aromatic nitrogens is 4. The number of rotatable bonds is 4. The molecule has 0 fully saturated rings. The summed E-state index contributed by atoms with van der Waals surface area (Å²) in [5.41, 5.74) is 0.695.